The molecule has 24 heavy (non-hydrogen) atoms. The lowest BCUT2D eigenvalue weighted by atomic mass is 9.88. The number of carbonyl (C=O) groups is 1. The fraction of sp³-hybridized carbons (Fsp3) is 0.650. The van der Waals surface area contributed by atoms with Crippen molar-refractivity contribution in [3.63, 3.8) is 0 Å². The Labute approximate surface area is 146 Å². The van der Waals surface area contributed by atoms with Crippen LogP contribution in [0.15, 0.2) is 18.2 Å². The Hall–Kier alpha value is -1.55. The van der Waals surface area contributed by atoms with Crippen LogP contribution in [0, 0.1) is 5.92 Å². The Balaban J connectivity index is 2.06. The van der Waals surface area contributed by atoms with Crippen LogP contribution in [-0.4, -0.2) is 18.6 Å². The molecule has 4 nitrogen and oxygen atoms in total. The minimum absolute atomic E-state index is 0.131. The van der Waals surface area contributed by atoms with Gasteiger partial charge in [0.15, 0.2) is 0 Å². The molecule has 0 aromatic heterocycles. The summed E-state index contributed by atoms with van der Waals surface area (Å²) in [6.07, 6.45) is 8.51. The van der Waals surface area contributed by atoms with Gasteiger partial charge in [0.1, 0.15) is 5.75 Å². The molecule has 0 heterocycles. The highest BCUT2D eigenvalue weighted by Crippen LogP contribution is 2.30. The second-order valence-electron chi connectivity index (χ2n) is 6.84. The van der Waals surface area contributed by atoms with Gasteiger partial charge in [-0.1, -0.05) is 38.7 Å². The van der Waals surface area contributed by atoms with Crippen molar-refractivity contribution in [1.29, 1.82) is 0 Å². The second kappa shape index (κ2) is 9.67. The quantitative estimate of drug-likeness (QED) is 0.747. The van der Waals surface area contributed by atoms with Gasteiger partial charge in [-0.3, -0.25) is 4.79 Å². The molecule has 0 spiro atoms. The standard InChI is InChI=1S/C20H32N2O2/c1-3-8-17(21)13-15-11-12-18(19(14-15)24-4-2)22-20(23)16-9-6-5-7-10-16/h11-12,14,16-17H,3-10,13,21H2,1-2H3,(H,22,23). The van der Waals surface area contributed by atoms with E-state index in [1.807, 2.05) is 19.1 Å². The van der Waals surface area contributed by atoms with Crippen molar-refractivity contribution < 1.29 is 9.53 Å². The van der Waals surface area contributed by atoms with Crippen LogP contribution < -0.4 is 15.8 Å². The molecule has 1 aliphatic rings. The Morgan fingerprint density at radius 1 is 1.29 bits per heavy atom. The lowest BCUT2D eigenvalue weighted by Crippen LogP contribution is -2.25. The molecule has 1 unspecified atom stereocenters. The maximum absolute atomic E-state index is 12.5. The first kappa shape index (κ1) is 18.8. The van der Waals surface area contributed by atoms with Gasteiger partial charge in [-0.2, -0.15) is 0 Å². The van der Waals surface area contributed by atoms with Crippen molar-refractivity contribution in [3.8, 4) is 5.75 Å². The van der Waals surface area contributed by atoms with Gasteiger partial charge in [-0.05, 0) is 50.3 Å². The largest absolute Gasteiger partial charge is 0.492 e. The van der Waals surface area contributed by atoms with Gasteiger partial charge in [-0.15, -0.1) is 0 Å². The van der Waals surface area contributed by atoms with Crippen LogP contribution in [0.2, 0.25) is 0 Å². The van der Waals surface area contributed by atoms with E-state index in [0.717, 1.165) is 61.9 Å². The molecule has 1 amide bonds. The van der Waals surface area contributed by atoms with E-state index >= 15 is 0 Å². The first-order valence-corrected chi connectivity index (χ1v) is 9.46. The Morgan fingerprint density at radius 2 is 2.04 bits per heavy atom. The molecule has 1 aromatic rings. The molecule has 1 atom stereocenters. The minimum Gasteiger partial charge on any atom is -0.492 e. The first-order chi connectivity index (χ1) is 11.6. The number of ether oxygens (including phenoxy) is 1. The molecule has 1 fully saturated rings. The third kappa shape index (κ3) is 5.52. The van der Waals surface area contributed by atoms with E-state index in [1.165, 1.54) is 6.42 Å². The molecule has 2 rings (SSSR count). The van der Waals surface area contributed by atoms with Gasteiger partial charge < -0.3 is 15.8 Å². The zero-order chi connectivity index (χ0) is 17.4. The number of benzene rings is 1. The molecule has 0 radical (unpaired) electrons. The number of rotatable bonds is 8. The summed E-state index contributed by atoms with van der Waals surface area (Å²) in [5.41, 5.74) is 8.09. The van der Waals surface area contributed by atoms with Crippen molar-refractivity contribution in [2.75, 3.05) is 11.9 Å². The maximum atomic E-state index is 12.5. The number of hydrogen-bond acceptors (Lipinski definition) is 3. The van der Waals surface area contributed by atoms with E-state index in [2.05, 4.69) is 18.3 Å². The molecule has 134 valence electrons. The maximum Gasteiger partial charge on any atom is 0.227 e. The summed E-state index contributed by atoms with van der Waals surface area (Å²) in [5.74, 6) is 1.03. The molecule has 1 aromatic carbocycles. The van der Waals surface area contributed by atoms with Crippen molar-refractivity contribution in [2.45, 2.75) is 71.3 Å². The van der Waals surface area contributed by atoms with E-state index in [9.17, 15) is 4.79 Å². The summed E-state index contributed by atoms with van der Waals surface area (Å²) < 4.78 is 5.75. The molecule has 1 aliphatic carbocycles. The number of carbonyl (C=O) groups excluding carboxylic acids is 1. The highest BCUT2D eigenvalue weighted by molar-refractivity contribution is 5.94. The van der Waals surface area contributed by atoms with Gasteiger partial charge >= 0.3 is 0 Å². The van der Waals surface area contributed by atoms with Crippen molar-refractivity contribution in [2.24, 2.45) is 11.7 Å². The van der Waals surface area contributed by atoms with Crippen molar-refractivity contribution >= 4 is 11.6 Å². The number of amides is 1. The minimum atomic E-state index is 0.131. The van der Waals surface area contributed by atoms with Crippen LogP contribution in [0.1, 0.15) is 64.4 Å². The molecule has 0 saturated heterocycles. The summed E-state index contributed by atoms with van der Waals surface area (Å²) in [7, 11) is 0. The fourth-order valence-electron chi connectivity index (χ4n) is 3.45. The normalized spacial score (nSPS) is 16.6. The zero-order valence-electron chi connectivity index (χ0n) is 15.1. The lowest BCUT2D eigenvalue weighted by Gasteiger charge is -2.22. The smallest absolute Gasteiger partial charge is 0.227 e. The third-order valence-electron chi connectivity index (χ3n) is 4.74. The monoisotopic (exact) mass is 332 g/mol. The Kier molecular flexibility index (Phi) is 7.57. The molecule has 1 saturated carbocycles. The second-order valence-corrected chi connectivity index (χ2v) is 6.84. The number of hydrogen-bond donors (Lipinski definition) is 2. The SMILES string of the molecule is CCCC(N)Cc1ccc(NC(=O)C2CCCCC2)c(OCC)c1. The van der Waals surface area contributed by atoms with Gasteiger partial charge in [0.25, 0.3) is 0 Å². The third-order valence-corrected chi connectivity index (χ3v) is 4.74. The van der Waals surface area contributed by atoms with Crippen LogP contribution in [-0.2, 0) is 11.2 Å². The van der Waals surface area contributed by atoms with Gasteiger partial charge in [0.05, 0.1) is 12.3 Å². The van der Waals surface area contributed by atoms with E-state index in [0.29, 0.717) is 6.61 Å². The molecule has 0 bridgehead atoms. The summed E-state index contributed by atoms with van der Waals surface area (Å²) in [6.45, 7) is 4.69. The predicted molar refractivity (Wildman–Crippen MR) is 99.4 cm³/mol. The van der Waals surface area contributed by atoms with E-state index in [-0.39, 0.29) is 17.9 Å². The predicted octanol–water partition coefficient (Wildman–Crippen LogP) is 4.27. The van der Waals surface area contributed by atoms with Crippen molar-refractivity contribution in [1.82, 2.24) is 0 Å². The van der Waals surface area contributed by atoms with Gasteiger partial charge in [0.2, 0.25) is 5.91 Å². The van der Waals surface area contributed by atoms with Gasteiger partial charge in [-0.25, -0.2) is 0 Å². The topological polar surface area (TPSA) is 64.3 Å². The fourth-order valence-corrected chi connectivity index (χ4v) is 3.45. The Morgan fingerprint density at radius 3 is 2.71 bits per heavy atom. The van der Waals surface area contributed by atoms with Crippen LogP contribution in [0.3, 0.4) is 0 Å². The summed E-state index contributed by atoms with van der Waals surface area (Å²) in [6, 6.07) is 6.20. The van der Waals surface area contributed by atoms with Crippen LogP contribution in [0.25, 0.3) is 0 Å². The lowest BCUT2D eigenvalue weighted by molar-refractivity contribution is -0.120. The molecule has 3 N–H and O–H groups in total. The zero-order valence-corrected chi connectivity index (χ0v) is 15.1. The molecular formula is C20H32N2O2. The molecule has 0 aliphatic heterocycles. The van der Waals surface area contributed by atoms with Crippen LogP contribution >= 0.6 is 0 Å². The molecule has 4 heteroatoms. The van der Waals surface area contributed by atoms with Crippen LogP contribution in [0.5, 0.6) is 5.75 Å². The average Bonchev–Trinajstić information content (AvgIpc) is 2.58. The number of nitrogens with one attached hydrogen (secondary N) is 1. The molecular weight excluding hydrogens is 300 g/mol. The summed E-state index contributed by atoms with van der Waals surface area (Å²) in [4.78, 5) is 12.5. The van der Waals surface area contributed by atoms with Crippen molar-refractivity contribution in [3.05, 3.63) is 23.8 Å². The van der Waals surface area contributed by atoms with Gasteiger partial charge in [0, 0.05) is 12.0 Å². The highest BCUT2D eigenvalue weighted by atomic mass is 16.5. The van der Waals surface area contributed by atoms with E-state index < -0.39 is 0 Å². The van der Waals surface area contributed by atoms with E-state index in [4.69, 9.17) is 10.5 Å². The number of nitrogens with two attached hydrogens (primary N) is 1. The summed E-state index contributed by atoms with van der Waals surface area (Å²) in [5, 5.41) is 3.08. The number of anilines is 1. The summed E-state index contributed by atoms with van der Waals surface area (Å²) >= 11 is 0. The van der Waals surface area contributed by atoms with E-state index in [1.54, 1.807) is 0 Å². The van der Waals surface area contributed by atoms with Crippen LogP contribution in [0.4, 0.5) is 5.69 Å². The average molecular weight is 332 g/mol. The Bertz CT molecular complexity index is 524. The first-order valence-electron chi connectivity index (χ1n) is 9.46. The highest BCUT2D eigenvalue weighted by Gasteiger charge is 2.22.